The minimum Gasteiger partial charge on any atom is -0.483 e. The Balaban J connectivity index is 1.56. The van der Waals surface area contributed by atoms with Gasteiger partial charge in [-0.05, 0) is 55.2 Å². The number of carbonyl (C=O) groups is 2. The first-order valence-electron chi connectivity index (χ1n) is 10.3. The fraction of sp³-hybridized carbons (Fsp3) is 0.231. The second-order valence-corrected chi connectivity index (χ2v) is 7.59. The molecule has 0 spiro atoms. The molecule has 1 atom stereocenters. The standard InChI is InChI=1S/C26H28N2O3/c1-18-13-14-22(15-19(18)2)20(3)28-25(29)17-31-24-12-8-7-11-23(24)26(30)27-16-21-9-5-4-6-10-21/h4-15,20H,16-17H2,1-3H3,(H,27,30)(H,28,29). The molecule has 0 bridgehead atoms. The number of rotatable bonds is 8. The van der Waals surface area contributed by atoms with Gasteiger partial charge < -0.3 is 15.4 Å². The monoisotopic (exact) mass is 416 g/mol. The maximum absolute atomic E-state index is 12.6. The Kier molecular flexibility index (Phi) is 7.44. The highest BCUT2D eigenvalue weighted by atomic mass is 16.5. The first-order valence-corrected chi connectivity index (χ1v) is 10.3. The molecule has 0 aliphatic carbocycles. The molecular formula is C26H28N2O3. The van der Waals surface area contributed by atoms with Crippen LogP contribution in [0.3, 0.4) is 0 Å². The highest BCUT2D eigenvalue weighted by molar-refractivity contribution is 5.97. The van der Waals surface area contributed by atoms with Crippen molar-refractivity contribution >= 4 is 11.8 Å². The average Bonchev–Trinajstić information content (AvgIpc) is 2.78. The van der Waals surface area contributed by atoms with Crippen LogP contribution < -0.4 is 15.4 Å². The van der Waals surface area contributed by atoms with Crippen LogP contribution in [0.25, 0.3) is 0 Å². The Morgan fingerprint density at radius 2 is 1.61 bits per heavy atom. The van der Waals surface area contributed by atoms with Gasteiger partial charge >= 0.3 is 0 Å². The smallest absolute Gasteiger partial charge is 0.258 e. The van der Waals surface area contributed by atoms with Gasteiger partial charge in [-0.25, -0.2) is 0 Å². The molecule has 0 radical (unpaired) electrons. The highest BCUT2D eigenvalue weighted by Gasteiger charge is 2.15. The molecule has 3 rings (SSSR count). The maximum Gasteiger partial charge on any atom is 0.258 e. The van der Waals surface area contributed by atoms with Crippen LogP contribution in [-0.2, 0) is 11.3 Å². The van der Waals surface area contributed by atoms with Crippen molar-refractivity contribution in [1.29, 1.82) is 0 Å². The average molecular weight is 417 g/mol. The molecule has 0 fully saturated rings. The number of hydrogen-bond donors (Lipinski definition) is 2. The van der Waals surface area contributed by atoms with Crippen molar-refractivity contribution in [3.63, 3.8) is 0 Å². The number of para-hydroxylation sites is 1. The quantitative estimate of drug-likeness (QED) is 0.569. The van der Waals surface area contributed by atoms with Gasteiger partial charge in [-0.1, -0.05) is 60.7 Å². The van der Waals surface area contributed by atoms with Crippen LogP contribution in [0.1, 0.15) is 45.6 Å². The molecule has 2 amide bonds. The lowest BCUT2D eigenvalue weighted by molar-refractivity contribution is -0.123. The zero-order valence-electron chi connectivity index (χ0n) is 18.1. The summed E-state index contributed by atoms with van der Waals surface area (Å²) in [7, 11) is 0. The summed E-state index contributed by atoms with van der Waals surface area (Å²) in [5.41, 5.74) is 4.84. The molecule has 160 valence electrons. The van der Waals surface area contributed by atoms with Crippen molar-refractivity contribution in [2.45, 2.75) is 33.4 Å². The maximum atomic E-state index is 12.6. The molecule has 1 unspecified atom stereocenters. The molecule has 0 heterocycles. The van der Waals surface area contributed by atoms with Crippen molar-refractivity contribution < 1.29 is 14.3 Å². The van der Waals surface area contributed by atoms with Crippen molar-refractivity contribution in [3.05, 3.63) is 101 Å². The molecule has 0 saturated carbocycles. The number of hydrogen-bond acceptors (Lipinski definition) is 3. The minimum atomic E-state index is -0.247. The first-order chi connectivity index (χ1) is 14.9. The number of carbonyl (C=O) groups excluding carboxylic acids is 2. The second kappa shape index (κ2) is 10.4. The lowest BCUT2D eigenvalue weighted by Crippen LogP contribution is -2.31. The lowest BCUT2D eigenvalue weighted by Gasteiger charge is -2.17. The van der Waals surface area contributed by atoms with Gasteiger partial charge in [-0.15, -0.1) is 0 Å². The number of ether oxygens (including phenoxy) is 1. The number of benzene rings is 3. The van der Waals surface area contributed by atoms with Crippen molar-refractivity contribution in [2.75, 3.05) is 6.61 Å². The van der Waals surface area contributed by atoms with Gasteiger partial charge in [-0.2, -0.15) is 0 Å². The zero-order chi connectivity index (χ0) is 22.2. The molecule has 3 aromatic carbocycles. The van der Waals surface area contributed by atoms with Crippen LogP contribution in [0.15, 0.2) is 72.8 Å². The van der Waals surface area contributed by atoms with Crippen molar-refractivity contribution in [2.24, 2.45) is 0 Å². The van der Waals surface area contributed by atoms with E-state index in [4.69, 9.17) is 4.74 Å². The first kappa shape index (κ1) is 22.1. The minimum absolute atomic E-state index is 0.139. The van der Waals surface area contributed by atoms with Crippen LogP contribution in [0, 0.1) is 13.8 Å². The molecule has 0 aliphatic heterocycles. The van der Waals surface area contributed by atoms with Crippen LogP contribution in [0.5, 0.6) is 5.75 Å². The van der Waals surface area contributed by atoms with E-state index in [-0.39, 0.29) is 24.5 Å². The lowest BCUT2D eigenvalue weighted by atomic mass is 10.0. The predicted octanol–water partition coefficient (Wildman–Crippen LogP) is 4.49. The summed E-state index contributed by atoms with van der Waals surface area (Å²) in [5.74, 6) is -0.115. The van der Waals surface area contributed by atoms with Gasteiger partial charge in [0.2, 0.25) is 0 Å². The van der Waals surface area contributed by atoms with E-state index in [1.165, 1.54) is 11.1 Å². The third-order valence-electron chi connectivity index (χ3n) is 5.19. The molecule has 31 heavy (non-hydrogen) atoms. The SMILES string of the molecule is Cc1ccc(C(C)NC(=O)COc2ccccc2C(=O)NCc2ccccc2)cc1C. The van der Waals surface area contributed by atoms with Crippen molar-refractivity contribution in [1.82, 2.24) is 10.6 Å². The van der Waals surface area contributed by atoms with Gasteiger partial charge in [0.15, 0.2) is 6.61 Å². The molecule has 0 aromatic heterocycles. The fourth-order valence-electron chi connectivity index (χ4n) is 3.20. The molecule has 2 N–H and O–H groups in total. The largest absolute Gasteiger partial charge is 0.483 e. The zero-order valence-corrected chi connectivity index (χ0v) is 18.1. The molecule has 3 aromatic rings. The Morgan fingerprint density at radius 1 is 0.903 bits per heavy atom. The third-order valence-corrected chi connectivity index (χ3v) is 5.19. The summed E-state index contributed by atoms with van der Waals surface area (Å²) < 4.78 is 5.68. The van der Waals surface area contributed by atoms with E-state index >= 15 is 0 Å². The molecule has 0 aliphatic rings. The van der Waals surface area contributed by atoms with Gasteiger partial charge in [0, 0.05) is 6.54 Å². The third kappa shape index (κ3) is 6.19. The predicted molar refractivity (Wildman–Crippen MR) is 122 cm³/mol. The van der Waals surface area contributed by atoms with Crippen LogP contribution in [0.2, 0.25) is 0 Å². The summed E-state index contributed by atoms with van der Waals surface area (Å²) in [6.07, 6.45) is 0. The van der Waals surface area contributed by atoms with Gasteiger partial charge in [-0.3, -0.25) is 9.59 Å². The van der Waals surface area contributed by atoms with E-state index in [2.05, 4.69) is 30.5 Å². The van der Waals surface area contributed by atoms with Gasteiger partial charge in [0.25, 0.3) is 11.8 Å². The molecule has 0 saturated heterocycles. The summed E-state index contributed by atoms with van der Waals surface area (Å²) in [6.45, 7) is 6.30. The Morgan fingerprint density at radius 3 is 2.35 bits per heavy atom. The summed E-state index contributed by atoms with van der Waals surface area (Å²) in [6, 6.07) is 22.6. The van der Waals surface area contributed by atoms with E-state index < -0.39 is 0 Å². The number of aryl methyl sites for hydroxylation is 2. The molecule has 5 nitrogen and oxygen atoms in total. The number of nitrogens with one attached hydrogen (secondary N) is 2. The molecule has 5 heteroatoms. The fourth-order valence-corrected chi connectivity index (χ4v) is 3.20. The normalized spacial score (nSPS) is 11.5. The van der Waals surface area contributed by atoms with E-state index in [1.807, 2.05) is 49.4 Å². The highest BCUT2D eigenvalue weighted by Crippen LogP contribution is 2.19. The van der Waals surface area contributed by atoms with Gasteiger partial charge in [0.1, 0.15) is 5.75 Å². The van der Waals surface area contributed by atoms with E-state index in [9.17, 15) is 9.59 Å². The van der Waals surface area contributed by atoms with Crippen LogP contribution >= 0.6 is 0 Å². The topological polar surface area (TPSA) is 67.4 Å². The summed E-state index contributed by atoms with van der Waals surface area (Å²) >= 11 is 0. The Labute approximate surface area is 183 Å². The van der Waals surface area contributed by atoms with Gasteiger partial charge in [0.05, 0.1) is 11.6 Å². The van der Waals surface area contributed by atoms with Crippen LogP contribution in [-0.4, -0.2) is 18.4 Å². The van der Waals surface area contributed by atoms with Crippen molar-refractivity contribution in [3.8, 4) is 5.75 Å². The van der Waals surface area contributed by atoms with Crippen LogP contribution in [0.4, 0.5) is 0 Å². The van der Waals surface area contributed by atoms with E-state index in [0.717, 1.165) is 11.1 Å². The summed E-state index contributed by atoms with van der Waals surface area (Å²) in [4.78, 5) is 25.0. The second-order valence-electron chi connectivity index (χ2n) is 7.59. The Bertz CT molecular complexity index is 1050. The summed E-state index contributed by atoms with van der Waals surface area (Å²) in [5, 5.41) is 5.83. The van der Waals surface area contributed by atoms with E-state index in [0.29, 0.717) is 17.9 Å². The Hall–Kier alpha value is -3.60. The van der Waals surface area contributed by atoms with E-state index in [1.54, 1.807) is 24.3 Å². The number of amides is 2. The molecular weight excluding hydrogens is 388 g/mol.